The number of aromatic amines is 2. The molecular weight excluding hydrogens is 1060 g/mol. The first-order chi connectivity index (χ1) is 39.2. The summed E-state index contributed by atoms with van der Waals surface area (Å²) in [5, 5.41) is 52.7. The second-order valence-corrected chi connectivity index (χ2v) is 18.0. The third-order valence-electron chi connectivity index (χ3n) is 12.0. The van der Waals surface area contributed by atoms with Gasteiger partial charge in [-0.05, 0) is 55.7 Å². The maximum atomic E-state index is 13.4. The van der Waals surface area contributed by atoms with E-state index >= 15 is 0 Å². The molecule has 3 atom stereocenters. The molecule has 434 valence electrons. The zero-order valence-electron chi connectivity index (χ0n) is 44.0. The van der Waals surface area contributed by atoms with Crippen LogP contribution in [0.3, 0.4) is 0 Å². The first-order valence-corrected chi connectivity index (χ1v) is 25.8. The zero-order valence-corrected chi connectivity index (χ0v) is 44.0. The van der Waals surface area contributed by atoms with Gasteiger partial charge in [-0.3, -0.25) is 42.9 Å². The van der Waals surface area contributed by atoms with Crippen molar-refractivity contribution in [1.29, 1.82) is 0 Å². The summed E-state index contributed by atoms with van der Waals surface area (Å²) in [5.74, 6) is -7.18. The summed E-state index contributed by atoms with van der Waals surface area (Å²) < 4.78 is 14.2. The Balaban J connectivity index is 0.936. The summed E-state index contributed by atoms with van der Waals surface area (Å²) in [4.78, 5) is 130. The van der Waals surface area contributed by atoms with Gasteiger partial charge in [-0.25, -0.2) is 19.6 Å². The SMILES string of the molecule is NCCOCCOCCC(=O)N[C@@H](CCC(=O)NCC(=O)N[C@@H](CNC(=O)c1ccc2c(cnn2CCCNc2ncc[nH]2)c1)C(=O)O)C(=O)NCC(=O)N[C@@H](CNC(=O)c1ccc2c(cnn2CCCNc2ncc[nH]2)c1)C(=O)O. The Kier molecular flexibility index (Phi) is 23.8. The average molecular weight is 1130 g/mol. The predicted molar refractivity (Wildman–Crippen MR) is 289 cm³/mol. The van der Waals surface area contributed by atoms with Gasteiger partial charge in [-0.15, -0.1) is 0 Å². The van der Waals surface area contributed by atoms with Crippen LogP contribution in [0.15, 0.2) is 73.6 Å². The highest BCUT2D eigenvalue weighted by molar-refractivity contribution is 5.99. The summed E-state index contributed by atoms with van der Waals surface area (Å²) in [5.41, 5.74) is 7.37. The Morgan fingerprint density at radius 3 is 1.56 bits per heavy atom. The van der Waals surface area contributed by atoms with Gasteiger partial charge in [0, 0.05) is 105 Å². The third-order valence-corrected chi connectivity index (χ3v) is 12.0. The van der Waals surface area contributed by atoms with Gasteiger partial charge in [0.25, 0.3) is 11.8 Å². The van der Waals surface area contributed by atoms with Gasteiger partial charge in [-0.2, -0.15) is 10.2 Å². The molecule has 4 aromatic heterocycles. The number of aryl methyl sites for hydroxylation is 2. The maximum Gasteiger partial charge on any atom is 0.328 e. The summed E-state index contributed by atoms with van der Waals surface area (Å²) in [6, 6.07) is 5.08. The van der Waals surface area contributed by atoms with Crippen molar-refractivity contribution in [2.24, 2.45) is 5.73 Å². The molecule has 4 heterocycles. The van der Waals surface area contributed by atoms with E-state index in [2.05, 4.69) is 78.0 Å². The molecule has 81 heavy (non-hydrogen) atoms. The number of nitrogens with two attached hydrogens (primary N) is 1. The molecule has 0 fully saturated rings. The van der Waals surface area contributed by atoms with Gasteiger partial charge < -0.3 is 83.2 Å². The van der Waals surface area contributed by atoms with Gasteiger partial charge >= 0.3 is 11.9 Å². The van der Waals surface area contributed by atoms with Crippen LogP contribution in [0.25, 0.3) is 21.8 Å². The topological polar surface area (TPSA) is 440 Å². The molecule has 0 bridgehead atoms. The number of hydrogen-bond donors (Lipinski definition) is 14. The minimum Gasteiger partial charge on any atom is -0.480 e. The number of benzene rings is 2. The second-order valence-electron chi connectivity index (χ2n) is 18.0. The number of aliphatic carboxylic acids is 2. The van der Waals surface area contributed by atoms with Gasteiger partial charge in [0.05, 0.1) is 62.9 Å². The number of imidazole rings is 2. The van der Waals surface area contributed by atoms with Crippen molar-refractivity contribution < 1.29 is 62.8 Å². The molecule has 7 amide bonds. The fourth-order valence-corrected chi connectivity index (χ4v) is 7.83. The first kappa shape index (κ1) is 60.7. The van der Waals surface area contributed by atoms with E-state index in [1.807, 2.05) is 0 Å². The molecule has 0 unspecified atom stereocenters. The molecule has 6 aromatic rings. The minimum absolute atomic E-state index is 0.0699. The van der Waals surface area contributed by atoms with E-state index in [1.165, 1.54) is 0 Å². The normalized spacial score (nSPS) is 12.2. The second kappa shape index (κ2) is 31.8. The van der Waals surface area contributed by atoms with Gasteiger partial charge in [0.15, 0.2) is 11.9 Å². The van der Waals surface area contributed by atoms with E-state index in [9.17, 15) is 53.4 Å². The van der Waals surface area contributed by atoms with Crippen LogP contribution < -0.4 is 53.6 Å². The van der Waals surface area contributed by atoms with E-state index in [4.69, 9.17) is 15.2 Å². The molecule has 0 saturated carbocycles. The van der Waals surface area contributed by atoms with Crippen molar-refractivity contribution in [2.45, 2.75) is 63.3 Å². The summed E-state index contributed by atoms with van der Waals surface area (Å²) in [6.07, 6.45) is 10.3. The molecule has 31 heteroatoms. The molecule has 0 spiro atoms. The maximum absolute atomic E-state index is 13.4. The number of rotatable bonds is 37. The van der Waals surface area contributed by atoms with Crippen LogP contribution in [0.1, 0.15) is 52.8 Å². The standard InChI is InChI=1S/C50H66N18O13/c51-10-20-81-22-21-80-19-9-41(70)64-35(46(75)61-30-43(72)66-37(48(78)79)28-60-45(74)32-4-7-39-34(24-32)26-63-68(39)18-2-12-53-50-56-15-16-57-50)5-8-40(69)58-29-42(71)65-36(47(76)77)27-59-44(73)31-3-6-38-33(23-31)25-62-67(38)17-1-11-52-49-54-13-14-55-49/h3-4,6-7,13-16,23-26,35-37H,1-2,5,8-12,17-22,27-30,51H2,(H,58,69)(H,59,73)(H,60,74)(H,61,75)(H,64,70)(H,65,71)(H,66,72)(H,76,77)(H,78,79)(H2,52,54,55)(H2,53,56,57)/t35-,36-,37-/m0/s1. The number of carboxylic acids is 2. The largest absolute Gasteiger partial charge is 0.480 e. The van der Waals surface area contributed by atoms with Crippen molar-refractivity contribution in [3.8, 4) is 0 Å². The molecule has 6 rings (SSSR count). The molecule has 2 aromatic carbocycles. The number of aromatic nitrogens is 8. The number of ether oxygens (including phenoxy) is 2. The van der Waals surface area contributed by atoms with Gasteiger partial charge in [-0.1, -0.05) is 0 Å². The molecule has 0 saturated heterocycles. The lowest BCUT2D eigenvalue weighted by Crippen LogP contribution is -2.53. The summed E-state index contributed by atoms with van der Waals surface area (Å²) >= 11 is 0. The number of fused-ring (bicyclic) bond motifs is 2. The Labute approximate surface area is 462 Å². The summed E-state index contributed by atoms with van der Waals surface area (Å²) in [7, 11) is 0. The lowest BCUT2D eigenvalue weighted by atomic mass is 10.1. The van der Waals surface area contributed by atoms with Gasteiger partial charge in [0.2, 0.25) is 29.5 Å². The highest BCUT2D eigenvalue weighted by atomic mass is 16.5. The number of carbonyl (C=O) groups is 9. The summed E-state index contributed by atoms with van der Waals surface area (Å²) in [6.45, 7) is 0.837. The lowest BCUT2D eigenvalue weighted by Gasteiger charge is -2.19. The van der Waals surface area contributed by atoms with E-state index in [0.717, 1.165) is 23.9 Å². The smallest absolute Gasteiger partial charge is 0.328 e. The van der Waals surface area contributed by atoms with Crippen LogP contribution in [0.5, 0.6) is 0 Å². The molecule has 0 radical (unpaired) electrons. The van der Waals surface area contributed by atoms with E-state index in [1.54, 1.807) is 82.9 Å². The molecule has 15 N–H and O–H groups in total. The number of carboxylic acid groups (broad SMARTS) is 2. The van der Waals surface area contributed by atoms with Crippen molar-refractivity contribution >= 4 is 87.0 Å². The van der Waals surface area contributed by atoms with Crippen LogP contribution in [0.4, 0.5) is 11.9 Å². The van der Waals surface area contributed by atoms with E-state index in [-0.39, 0.29) is 43.8 Å². The Morgan fingerprint density at radius 1 is 0.580 bits per heavy atom. The van der Waals surface area contributed by atoms with Crippen LogP contribution in [0.2, 0.25) is 0 Å². The van der Waals surface area contributed by atoms with Crippen LogP contribution in [0, 0.1) is 0 Å². The number of nitrogens with one attached hydrogen (secondary N) is 11. The van der Waals surface area contributed by atoms with Crippen LogP contribution in [-0.2, 0) is 56.1 Å². The molecule has 0 aliphatic carbocycles. The fraction of sp³-hybridized carbons (Fsp3) is 0.420. The fourth-order valence-electron chi connectivity index (χ4n) is 7.83. The molecular formula is C50H66N18O13. The predicted octanol–water partition coefficient (Wildman–Crippen LogP) is -1.99. The number of amides is 7. The minimum atomic E-state index is -1.63. The lowest BCUT2D eigenvalue weighted by molar-refractivity contribution is -0.142. The zero-order chi connectivity index (χ0) is 57.9. The van der Waals surface area contributed by atoms with E-state index in [0.29, 0.717) is 62.0 Å². The van der Waals surface area contributed by atoms with Crippen molar-refractivity contribution in [1.82, 2.24) is 76.7 Å². The number of anilines is 2. The van der Waals surface area contributed by atoms with Crippen molar-refractivity contribution in [3.63, 3.8) is 0 Å². The molecule has 0 aliphatic rings. The number of carbonyl (C=O) groups excluding carboxylic acids is 7. The van der Waals surface area contributed by atoms with Crippen molar-refractivity contribution in [3.05, 3.63) is 84.7 Å². The highest BCUT2D eigenvalue weighted by Gasteiger charge is 2.26. The molecule has 31 nitrogen and oxygen atoms in total. The number of hydrogen-bond acceptors (Lipinski definition) is 18. The van der Waals surface area contributed by atoms with Gasteiger partial charge in [0.1, 0.15) is 18.1 Å². The highest BCUT2D eigenvalue weighted by Crippen LogP contribution is 2.18. The Bertz CT molecular complexity index is 3050. The van der Waals surface area contributed by atoms with Crippen LogP contribution >= 0.6 is 0 Å². The first-order valence-electron chi connectivity index (χ1n) is 25.8. The third kappa shape index (κ3) is 20.0. The van der Waals surface area contributed by atoms with E-state index < -0.39 is 104 Å². The Hall–Kier alpha value is -9.49. The van der Waals surface area contributed by atoms with Crippen molar-refractivity contribution in [2.75, 3.05) is 82.9 Å². The Morgan fingerprint density at radius 2 is 1.07 bits per heavy atom. The monoisotopic (exact) mass is 1130 g/mol. The number of nitrogens with zero attached hydrogens (tertiary/aromatic N) is 6. The average Bonchev–Trinajstić information content (AvgIpc) is 4.34. The van der Waals surface area contributed by atoms with Crippen LogP contribution in [-0.4, -0.2) is 193 Å². The quantitative estimate of drug-likeness (QED) is 0.0188. The number of H-pyrrole nitrogens is 2. The molecule has 0 aliphatic heterocycles.